The molecule has 0 spiro atoms. The Morgan fingerprint density at radius 2 is 2.00 bits per heavy atom. The summed E-state index contributed by atoms with van der Waals surface area (Å²) in [7, 11) is 1.51. The highest BCUT2D eigenvalue weighted by Gasteiger charge is 2.32. The molecular formula is C12H11F3N2O. The van der Waals surface area contributed by atoms with E-state index in [1.807, 2.05) is 0 Å². The first-order chi connectivity index (χ1) is 8.43. The van der Waals surface area contributed by atoms with E-state index < -0.39 is 11.7 Å². The molecule has 0 bridgehead atoms. The molecule has 0 unspecified atom stereocenters. The topological polar surface area (TPSA) is 27.1 Å². The van der Waals surface area contributed by atoms with Crippen molar-refractivity contribution in [1.29, 1.82) is 0 Å². The lowest BCUT2D eigenvalue weighted by molar-refractivity contribution is -0.137. The third-order valence-corrected chi connectivity index (χ3v) is 2.63. The highest BCUT2D eigenvalue weighted by atomic mass is 19.4. The van der Waals surface area contributed by atoms with Gasteiger partial charge in [0.25, 0.3) is 0 Å². The van der Waals surface area contributed by atoms with E-state index in [1.54, 1.807) is 25.1 Å². The molecule has 0 aliphatic rings. The van der Waals surface area contributed by atoms with Crippen molar-refractivity contribution in [2.45, 2.75) is 13.1 Å². The molecule has 2 aromatic rings. The lowest BCUT2D eigenvalue weighted by atomic mass is 10.2. The summed E-state index contributed by atoms with van der Waals surface area (Å²) in [6.07, 6.45) is -2.62. The minimum Gasteiger partial charge on any atom is -0.496 e. The smallest absolute Gasteiger partial charge is 0.419 e. The zero-order chi connectivity index (χ0) is 13.3. The van der Waals surface area contributed by atoms with E-state index in [4.69, 9.17) is 4.74 Å². The van der Waals surface area contributed by atoms with Crippen LogP contribution in [0, 0.1) is 6.92 Å². The Hall–Kier alpha value is -1.98. The van der Waals surface area contributed by atoms with Crippen LogP contribution in [0.25, 0.3) is 5.69 Å². The third-order valence-electron chi connectivity index (χ3n) is 2.63. The van der Waals surface area contributed by atoms with Crippen LogP contribution in [0.15, 0.2) is 30.6 Å². The molecule has 0 saturated carbocycles. The second kappa shape index (κ2) is 4.36. The fraction of sp³-hybridized carbons (Fsp3) is 0.250. The zero-order valence-corrected chi connectivity index (χ0v) is 9.82. The largest absolute Gasteiger partial charge is 0.496 e. The van der Waals surface area contributed by atoms with Crippen LogP contribution in [0.3, 0.4) is 0 Å². The van der Waals surface area contributed by atoms with Gasteiger partial charge in [-0.3, -0.25) is 0 Å². The molecule has 3 nitrogen and oxygen atoms in total. The molecule has 2 rings (SSSR count). The molecular weight excluding hydrogens is 245 g/mol. The van der Waals surface area contributed by atoms with Crippen molar-refractivity contribution in [2.75, 3.05) is 7.11 Å². The Kier molecular flexibility index (Phi) is 3.02. The molecule has 0 aliphatic heterocycles. The Morgan fingerprint density at radius 3 is 2.56 bits per heavy atom. The number of hydrogen-bond donors (Lipinski definition) is 0. The van der Waals surface area contributed by atoms with Crippen LogP contribution >= 0.6 is 0 Å². The standard InChI is InChI=1S/C12H11F3N2O/c1-8-10(4-3-5-11(8)18-2)17-7-9(6-16-17)12(13,14)15/h3-7H,1-2H3. The van der Waals surface area contributed by atoms with Gasteiger partial charge in [-0.25, -0.2) is 4.68 Å². The number of methoxy groups -OCH3 is 1. The molecule has 0 saturated heterocycles. The number of aromatic nitrogens is 2. The summed E-state index contributed by atoms with van der Waals surface area (Å²) in [6, 6.07) is 5.13. The molecule has 1 aromatic heterocycles. The minimum absolute atomic E-state index is 0.560. The van der Waals surface area contributed by atoms with Gasteiger partial charge in [0.2, 0.25) is 0 Å². The summed E-state index contributed by atoms with van der Waals surface area (Å²) in [5, 5.41) is 3.73. The predicted octanol–water partition coefficient (Wildman–Crippen LogP) is 3.21. The maximum atomic E-state index is 12.5. The van der Waals surface area contributed by atoms with Crippen molar-refractivity contribution in [1.82, 2.24) is 9.78 Å². The Morgan fingerprint density at radius 1 is 1.28 bits per heavy atom. The van der Waals surface area contributed by atoms with Gasteiger partial charge in [-0.05, 0) is 19.1 Å². The lowest BCUT2D eigenvalue weighted by Crippen LogP contribution is -2.03. The van der Waals surface area contributed by atoms with Crippen LogP contribution in [0.2, 0.25) is 0 Å². The molecule has 0 amide bonds. The van der Waals surface area contributed by atoms with E-state index in [2.05, 4.69) is 5.10 Å². The number of benzene rings is 1. The summed E-state index contributed by atoms with van der Waals surface area (Å²) < 4.78 is 43.8. The Bertz CT molecular complexity index is 561. The molecule has 1 heterocycles. The maximum absolute atomic E-state index is 12.5. The van der Waals surface area contributed by atoms with Crippen LogP contribution in [-0.4, -0.2) is 16.9 Å². The van der Waals surface area contributed by atoms with Gasteiger partial charge in [0.05, 0.1) is 24.6 Å². The molecule has 0 N–H and O–H groups in total. The molecule has 96 valence electrons. The van der Waals surface area contributed by atoms with Crippen molar-refractivity contribution < 1.29 is 17.9 Å². The quantitative estimate of drug-likeness (QED) is 0.825. The van der Waals surface area contributed by atoms with Crippen molar-refractivity contribution >= 4 is 0 Å². The second-order valence-electron chi connectivity index (χ2n) is 3.78. The van der Waals surface area contributed by atoms with Crippen molar-refractivity contribution in [2.24, 2.45) is 0 Å². The molecule has 0 aliphatic carbocycles. The van der Waals surface area contributed by atoms with Gasteiger partial charge < -0.3 is 4.74 Å². The van der Waals surface area contributed by atoms with Crippen LogP contribution in [-0.2, 0) is 6.18 Å². The lowest BCUT2D eigenvalue weighted by Gasteiger charge is -2.10. The van der Waals surface area contributed by atoms with Crippen molar-refractivity contribution in [3.05, 3.63) is 41.7 Å². The minimum atomic E-state index is -4.38. The van der Waals surface area contributed by atoms with E-state index in [9.17, 15) is 13.2 Å². The summed E-state index contributed by atoms with van der Waals surface area (Å²) in [4.78, 5) is 0. The summed E-state index contributed by atoms with van der Waals surface area (Å²) in [6.45, 7) is 1.77. The average Bonchev–Trinajstić information content (AvgIpc) is 2.78. The van der Waals surface area contributed by atoms with Crippen LogP contribution in [0.5, 0.6) is 5.75 Å². The van der Waals surface area contributed by atoms with Crippen LogP contribution in [0.1, 0.15) is 11.1 Å². The highest BCUT2D eigenvalue weighted by Crippen LogP contribution is 2.30. The monoisotopic (exact) mass is 256 g/mol. The summed E-state index contributed by atoms with van der Waals surface area (Å²) >= 11 is 0. The predicted molar refractivity (Wildman–Crippen MR) is 59.9 cm³/mol. The molecule has 0 radical (unpaired) electrons. The van der Waals surface area contributed by atoms with E-state index in [0.29, 0.717) is 11.4 Å². The average molecular weight is 256 g/mol. The van der Waals surface area contributed by atoms with Gasteiger partial charge in [-0.1, -0.05) is 6.07 Å². The van der Waals surface area contributed by atoms with Crippen molar-refractivity contribution in [3.8, 4) is 11.4 Å². The first-order valence-electron chi connectivity index (χ1n) is 5.19. The highest BCUT2D eigenvalue weighted by molar-refractivity contribution is 5.48. The maximum Gasteiger partial charge on any atom is 0.419 e. The van der Waals surface area contributed by atoms with Crippen LogP contribution in [0.4, 0.5) is 13.2 Å². The van der Waals surface area contributed by atoms with E-state index in [0.717, 1.165) is 18.0 Å². The fourth-order valence-electron chi connectivity index (χ4n) is 1.67. The Labute approximate surface area is 102 Å². The third kappa shape index (κ3) is 2.18. The number of rotatable bonds is 2. The van der Waals surface area contributed by atoms with Crippen LogP contribution < -0.4 is 4.74 Å². The van der Waals surface area contributed by atoms with Gasteiger partial charge in [0.1, 0.15) is 5.75 Å². The molecule has 6 heteroatoms. The van der Waals surface area contributed by atoms with Gasteiger partial charge in [0, 0.05) is 11.8 Å². The van der Waals surface area contributed by atoms with E-state index in [-0.39, 0.29) is 0 Å². The molecule has 1 aromatic carbocycles. The van der Waals surface area contributed by atoms with Gasteiger partial charge in [0.15, 0.2) is 0 Å². The first-order valence-corrected chi connectivity index (χ1v) is 5.19. The number of halogens is 3. The number of alkyl halides is 3. The number of ether oxygens (including phenoxy) is 1. The molecule has 0 fully saturated rings. The number of hydrogen-bond acceptors (Lipinski definition) is 2. The molecule has 18 heavy (non-hydrogen) atoms. The summed E-state index contributed by atoms with van der Waals surface area (Å²) in [5.41, 5.74) is 0.520. The first kappa shape index (κ1) is 12.5. The van der Waals surface area contributed by atoms with Crippen molar-refractivity contribution in [3.63, 3.8) is 0 Å². The van der Waals surface area contributed by atoms with Gasteiger partial charge >= 0.3 is 6.18 Å². The summed E-state index contributed by atoms with van der Waals surface area (Å²) in [5.74, 6) is 0.608. The van der Waals surface area contributed by atoms with E-state index >= 15 is 0 Å². The molecule has 0 atom stereocenters. The normalized spacial score (nSPS) is 11.6. The van der Waals surface area contributed by atoms with E-state index in [1.165, 1.54) is 11.8 Å². The van der Waals surface area contributed by atoms with Gasteiger partial charge in [-0.2, -0.15) is 18.3 Å². The SMILES string of the molecule is COc1cccc(-n2cc(C(F)(F)F)cn2)c1C. The van der Waals surface area contributed by atoms with Gasteiger partial charge in [-0.15, -0.1) is 0 Å². The fourth-order valence-corrected chi connectivity index (χ4v) is 1.67. The Balaban J connectivity index is 2.47. The second-order valence-corrected chi connectivity index (χ2v) is 3.78. The number of nitrogens with zero attached hydrogens (tertiary/aromatic N) is 2. The zero-order valence-electron chi connectivity index (χ0n) is 9.82.